The number of carbonyl (C=O) groups excluding carboxylic acids is 1. The highest BCUT2D eigenvalue weighted by Crippen LogP contribution is 2.32. The second-order valence-corrected chi connectivity index (χ2v) is 7.68. The normalized spacial score (nSPS) is 19.3. The topological polar surface area (TPSA) is 75.7 Å². The fourth-order valence-corrected chi connectivity index (χ4v) is 4.59. The van der Waals surface area contributed by atoms with Gasteiger partial charge in [0.25, 0.3) is 0 Å². The molecule has 1 atom stereocenters. The molecule has 0 radical (unpaired) electrons. The van der Waals surface area contributed by atoms with Crippen LogP contribution in [0, 0.1) is 5.92 Å². The number of nitrogens with zero attached hydrogens (tertiary/aromatic N) is 1. The molecule has 8 heteroatoms. The van der Waals surface area contributed by atoms with Crippen LogP contribution >= 0.6 is 11.6 Å². The third-order valence-corrected chi connectivity index (χ3v) is 5.95. The Hall–Kier alpha value is -1.31. The van der Waals surface area contributed by atoms with E-state index in [9.17, 15) is 13.2 Å². The Bertz CT molecular complexity index is 678. The largest absolute Gasteiger partial charge is 0.492 e. The van der Waals surface area contributed by atoms with E-state index in [2.05, 4.69) is 5.32 Å². The van der Waals surface area contributed by atoms with Gasteiger partial charge in [-0.2, -0.15) is 4.31 Å². The first kappa shape index (κ1) is 18.0. The molecule has 0 aromatic heterocycles. The number of hydrogen-bond acceptors (Lipinski definition) is 4. The van der Waals surface area contributed by atoms with E-state index in [1.807, 2.05) is 0 Å². The fourth-order valence-electron chi connectivity index (χ4n) is 2.68. The molecular formula is C15H21ClN2O4S. The van der Waals surface area contributed by atoms with E-state index in [-0.39, 0.29) is 29.0 Å². The number of benzene rings is 1. The summed E-state index contributed by atoms with van der Waals surface area (Å²) in [5.74, 6) is -0.196. The molecule has 0 aliphatic carbocycles. The SMILES string of the molecule is CCOc1ccc(Cl)cc1S(=O)(=O)N1CCC[C@H](C(=O)NC)C1. The molecule has 1 saturated heterocycles. The van der Waals surface area contributed by atoms with Crippen LogP contribution in [-0.2, 0) is 14.8 Å². The molecule has 1 aromatic carbocycles. The number of halogens is 1. The van der Waals surface area contributed by atoms with Crippen molar-refractivity contribution in [2.24, 2.45) is 5.92 Å². The number of rotatable bonds is 5. The maximum atomic E-state index is 12.9. The Labute approximate surface area is 141 Å². The van der Waals surface area contributed by atoms with Gasteiger partial charge in [-0.05, 0) is 38.0 Å². The maximum absolute atomic E-state index is 12.9. The standard InChI is InChI=1S/C15H21ClN2O4S/c1-3-22-13-7-6-12(16)9-14(13)23(20,21)18-8-4-5-11(10-18)15(19)17-2/h6-7,9,11H,3-5,8,10H2,1-2H3,(H,17,19)/t11-/m0/s1. The predicted octanol–water partition coefficient (Wildman–Crippen LogP) is 1.89. The van der Waals surface area contributed by atoms with Crippen LogP contribution < -0.4 is 10.1 Å². The van der Waals surface area contributed by atoms with Crippen LogP contribution in [0.5, 0.6) is 5.75 Å². The van der Waals surface area contributed by atoms with Crippen molar-refractivity contribution in [1.29, 1.82) is 0 Å². The fraction of sp³-hybridized carbons (Fsp3) is 0.533. The Morgan fingerprint density at radius 3 is 2.87 bits per heavy atom. The predicted molar refractivity (Wildman–Crippen MR) is 88.2 cm³/mol. The molecule has 1 fully saturated rings. The van der Waals surface area contributed by atoms with Gasteiger partial charge in [-0.15, -0.1) is 0 Å². The van der Waals surface area contributed by atoms with Gasteiger partial charge in [0, 0.05) is 25.2 Å². The summed E-state index contributed by atoms with van der Waals surface area (Å²) >= 11 is 5.96. The van der Waals surface area contributed by atoms with Gasteiger partial charge in [0.15, 0.2) is 0 Å². The van der Waals surface area contributed by atoms with Crippen molar-refractivity contribution in [2.45, 2.75) is 24.7 Å². The van der Waals surface area contributed by atoms with Crippen LogP contribution in [0.3, 0.4) is 0 Å². The zero-order valence-corrected chi connectivity index (χ0v) is 14.8. The molecular weight excluding hydrogens is 340 g/mol. The van der Waals surface area contributed by atoms with Crippen molar-refractivity contribution in [2.75, 3.05) is 26.7 Å². The molecule has 1 N–H and O–H groups in total. The van der Waals surface area contributed by atoms with Gasteiger partial charge in [-0.3, -0.25) is 4.79 Å². The summed E-state index contributed by atoms with van der Waals surface area (Å²) in [5.41, 5.74) is 0. The van der Waals surface area contributed by atoms with Crippen molar-refractivity contribution >= 4 is 27.5 Å². The number of carbonyl (C=O) groups is 1. The zero-order chi connectivity index (χ0) is 17.0. The summed E-state index contributed by atoms with van der Waals surface area (Å²) in [6.45, 7) is 2.69. The van der Waals surface area contributed by atoms with Crippen LogP contribution in [0.4, 0.5) is 0 Å². The summed E-state index contributed by atoms with van der Waals surface area (Å²) in [5, 5.41) is 2.91. The molecule has 0 saturated carbocycles. The van der Waals surface area contributed by atoms with E-state index in [1.54, 1.807) is 26.1 Å². The number of hydrogen-bond donors (Lipinski definition) is 1. The van der Waals surface area contributed by atoms with Gasteiger partial charge in [-0.25, -0.2) is 8.42 Å². The summed E-state index contributed by atoms with van der Waals surface area (Å²) < 4.78 is 32.7. The van der Waals surface area contributed by atoms with Gasteiger partial charge < -0.3 is 10.1 Å². The molecule has 128 valence electrons. The van der Waals surface area contributed by atoms with E-state index in [0.717, 1.165) is 0 Å². The van der Waals surface area contributed by atoms with E-state index in [0.29, 0.717) is 31.0 Å². The molecule has 2 rings (SSSR count). The molecule has 0 spiro atoms. The quantitative estimate of drug-likeness (QED) is 0.870. The van der Waals surface area contributed by atoms with E-state index < -0.39 is 10.0 Å². The average Bonchev–Trinajstić information content (AvgIpc) is 2.56. The molecule has 0 unspecified atom stereocenters. The molecule has 0 bridgehead atoms. The molecule has 1 amide bonds. The van der Waals surface area contributed by atoms with Crippen molar-refractivity contribution < 1.29 is 17.9 Å². The number of ether oxygens (including phenoxy) is 1. The lowest BCUT2D eigenvalue weighted by molar-refractivity contribution is -0.125. The Kier molecular flexibility index (Phi) is 5.89. The molecule has 1 heterocycles. The van der Waals surface area contributed by atoms with Crippen LogP contribution in [0.1, 0.15) is 19.8 Å². The van der Waals surface area contributed by atoms with Crippen molar-refractivity contribution in [3.8, 4) is 5.75 Å². The van der Waals surface area contributed by atoms with Crippen LogP contribution in [0.2, 0.25) is 5.02 Å². The van der Waals surface area contributed by atoms with Crippen molar-refractivity contribution in [3.05, 3.63) is 23.2 Å². The minimum Gasteiger partial charge on any atom is -0.492 e. The Morgan fingerprint density at radius 1 is 1.48 bits per heavy atom. The summed E-state index contributed by atoms with van der Waals surface area (Å²) in [6.07, 6.45) is 1.32. The molecule has 1 aromatic rings. The van der Waals surface area contributed by atoms with Crippen molar-refractivity contribution in [1.82, 2.24) is 9.62 Å². The van der Waals surface area contributed by atoms with Gasteiger partial charge in [0.05, 0.1) is 12.5 Å². The summed E-state index contributed by atoms with van der Waals surface area (Å²) in [6, 6.07) is 4.54. The maximum Gasteiger partial charge on any atom is 0.246 e. The summed E-state index contributed by atoms with van der Waals surface area (Å²) in [7, 11) is -2.21. The minimum atomic E-state index is -3.77. The molecule has 6 nitrogen and oxygen atoms in total. The number of sulfonamides is 1. The third kappa shape index (κ3) is 3.97. The average molecular weight is 361 g/mol. The minimum absolute atomic E-state index is 0.0457. The first-order chi connectivity index (χ1) is 10.9. The second-order valence-electron chi connectivity index (χ2n) is 5.34. The number of piperidine rings is 1. The lowest BCUT2D eigenvalue weighted by Gasteiger charge is -2.31. The first-order valence-electron chi connectivity index (χ1n) is 7.54. The highest BCUT2D eigenvalue weighted by atomic mass is 35.5. The lowest BCUT2D eigenvalue weighted by atomic mass is 9.99. The zero-order valence-electron chi connectivity index (χ0n) is 13.2. The number of amides is 1. The molecule has 23 heavy (non-hydrogen) atoms. The second kappa shape index (κ2) is 7.51. The molecule has 1 aliphatic rings. The Balaban J connectivity index is 2.34. The smallest absolute Gasteiger partial charge is 0.246 e. The first-order valence-corrected chi connectivity index (χ1v) is 9.36. The van der Waals surface area contributed by atoms with E-state index >= 15 is 0 Å². The highest BCUT2D eigenvalue weighted by molar-refractivity contribution is 7.89. The Morgan fingerprint density at radius 2 is 2.22 bits per heavy atom. The van der Waals surface area contributed by atoms with Gasteiger partial charge in [0.1, 0.15) is 10.6 Å². The van der Waals surface area contributed by atoms with Crippen molar-refractivity contribution in [3.63, 3.8) is 0 Å². The van der Waals surface area contributed by atoms with Crippen LogP contribution in [0.25, 0.3) is 0 Å². The monoisotopic (exact) mass is 360 g/mol. The van der Waals surface area contributed by atoms with Crippen LogP contribution in [0.15, 0.2) is 23.1 Å². The van der Waals surface area contributed by atoms with Gasteiger partial charge >= 0.3 is 0 Å². The summed E-state index contributed by atoms with van der Waals surface area (Å²) in [4.78, 5) is 11.9. The molecule has 1 aliphatic heterocycles. The van der Waals surface area contributed by atoms with Gasteiger partial charge in [0.2, 0.25) is 15.9 Å². The third-order valence-electron chi connectivity index (χ3n) is 3.82. The van der Waals surface area contributed by atoms with E-state index in [1.165, 1.54) is 10.4 Å². The van der Waals surface area contributed by atoms with E-state index in [4.69, 9.17) is 16.3 Å². The number of nitrogens with one attached hydrogen (secondary N) is 1. The highest BCUT2D eigenvalue weighted by Gasteiger charge is 2.34. The lowest BCUT2D eigenvalue weighted by Crippen LogP contribution is -2.44. The van der Waals surface area contributed by atoms with Crippen LogP contribution in [-0.4, -0.2) is 45.4 Å². The van der Waals surface area contributed by atoms with Gasteiger partial charge in [-0.1, -0.05) is 11.6 Å².